The smallest absolute Gasteiger partial charge is 0.194 e. The van der Waals surface area contributed by atoms with Gasteiger partial charge in [-0.25, -0.2) is 8.42 Å². The molecule has 24 heavy (non-hydrogen) atoms. The standard InChI is InChI=1S/C15H13ClN4O3S/c1-24(21,22)14-7-5-12(6-8-14)20-15(17-18-19-20)10-23-13-4-2-3-11(16)9-13/h2-9H,10H2,1H3. The number of tetrazole rings is 1. The van der Waals surface area contributed by atoms with E-state index in [1.54, 1.807) is 36.4 Å². The van der Waals surface area contributed by atoms with E-state index >= 15 is 0 Å². The molecule has 1 aromatic heterocycles. The van der Waals surface area contributed by atoms with Crippen molar-refractivity contribution in [3.63, 3.8) is 0 Å². The Balaban J connectivity index is 1.80. The van der Waals surface area contributed by atoms with E-state index < -0.39 is 9.84 Å². The quantitative estimate of drug-likeness (QED) is 0.690. The van der Waals surface area contributed by atoms with Crippen LogP contribution in [0, 0.1) is 0 Å². The van der Waals surface area contributed by atoms with E-state index in [4.69, 9.17) is 16.3 Å². The van der Waals surface area contributed by atoms with E-state index in [2.05, 4.69) is 15.5 Å². The lowest BCUT2D eigenvalue weighted by Crippen LogP contribution is -2.07. The van der Waals surface area contributed by atoms with E-state index in [0.29, 0.717) is 22.3 Å². The summed E-state index contributed by atoms with van der Waals surface area (Å²) in [7, 11) is -3.25. The molecule has 3 rings (SSSR count). The Morgan fingerprint density at radius 3 is 2.58 bits per heavy atom. The number of aromatic nitrogens is 4. The van der Waals surface area contributed by atoms with Crippen LogP contribution in [0.25, 0.3) is 5.69 Å². The first kappa shape index (κ1) is 16.4. The van der Waals surface area contributed by atoms with Gasteiger partial charge < -0.3 is 4.74 Å². The minimum Gasteiger partial charge on any atom is -0.485 e. The first-order valence-corrected chi connectivity index (χ1v) is 9.16. The van der Waals surface area contributed by atoms with Crippen molar-refractivity contribution in [1.29, 1.82) is 0 Å². The first-order chi connectivity index (χ1) is 11.4. The summed E-state index contributed by atoms with van der Waals surface area (Å²) in [5.74, 6) is 1.08. The molecule has 0 N–H and O–H groups in total. The average molecular weight is 365 g/mol. The lowest BCUT2D eigenvalue weighted by Gasteiger charge is -2.07. The van der Waals surface area contributed by atoms with E-state index in [1.165, 1.54) is 16.8 Å². The number of ether oxygens (including phenoxy) is 1. The number of halogens is 1. The Labute approximate surface area is 143 Å². The van der Waals surface area contributed by atoms with Crippen molar-refractivity contribution in [2.75, 3.05) is 6.26 Å². The zero-order valence-electron chi connectivity index (χ0n) is 12.6. The summed E-state index contributed by atoms with van der Waals surface area (Å²) in [5, 5.41) is 12.0. The third-order valence-electron chi connectivity index (χ3n) is 3.21. The van der Waals surface area contributed by atoms with Crippen molar-refractivity contribution >= 4 is 21.4 Å². The van der Waals surface area contributed by atoms with Gasteiger partial charge in [0.1, 0.15) is 12.4 Å². The molecular weight excluding hydrogens is 352 g/mol. The Bertz CT molecular complexity index is 955. The average Bonchev–Trinajstić information content (AvgIpc) is 3.01. The van der Waals surface area contributed by atoms with Crippen molar-refractivity contribution in [3.8, 4) is 11.4 Å². The van der Waals surface area contributed by atoms with Gasteiger partial charge in [0.05, 0.1) is 10.6 Å². The number of benzene rings is 2. The van der Waals surface area contributed by atoms with Crippen LogP contribution in [-0.2, 0) is 16.4 Å². The van der Waals surface area contributed by atoms with Crippen molar-refractivity contribution in [1.82, 2.24) is 20.2 Å². The van der Waals surface area contributed by atoms with Crippen molar-refractivity contribution in [2.24, 2.45) is 0 Å². The molecule has 0 aliphatic heterocycles. The largest absolute Gasteiger partial charge is 0.485 e. The summed E-state index contributed by atoms with van der Waals surface area (Å²) < 4.78 is 30.1. The number of hydrogen-bond acceptors (Lipinski definition) is 6. The van der Waals surface area contributed by atoms with Crippen LogP contribution in [0.1, 0.15) is 5.82 Å². The maximum absolute atomic E-state index is 11.5. The van der Waals surface area contributed by atoms with Gasteiger partial charge in [-0.05, 0) is 52.9 Å². The highest BCUT2D eigenvalue weighted by Gasteiger charge is 2.11. The summed E-state index contributed by atoms with van der Waals surface area (Å²) in [6, 6.07) is 13.3. The molecule has 0 atom stereocenters. The number of sulfone groups is 1. The fraction of sp³-hybridized carbons (Fsp3) is 0.133. The van der Waals surface area contributed by atoms with Gasteiger partial charge in [-0.1, -0.05) is 17.7 Å². The fourth-order valence-electron chi connectivity index (χ4n) is 2.04. The van der Waals surface area contributed by atoms with E-state index in [0.717, 1.165) is 6.26 Å². The zero-order chi connectivity index (χ0) is 17.2. The highest BCUT2D eigenvalue weighted by Crippen LogP contribution is 2.19. The zero-order valence-corrected chi connectivity index (χ0v) is 14.2. The van der Waals surface area contributed by atoms with E-state index in [1.807, 2.05) is 0 Å². The van der Waals surface area contributed by atoms with Gasteiger partial charge in [-0.15, -0.1) is 5.10 Å². The van der Waals surface area contributed by atoms with E-state index in [9.17, 15) is 8.42 Å². The van der Waals surface area contributed by atoms with Gasteiger partial charge >= 0.3 is 0 Å². The Morgan fingerprint density at radius 2 is 1.92 bits per heavy atom. The van der Waals surface area contributed by atoms with Crippen LogP contribution in [0.4, 0.5) is 0 Å². The molecule has 2 aromatic carbocycles. The van der Waals surface area contributed by atoms with E-state index in [-0.39, 0.29) is 11.5 Å². The molecule has 0 unspecified atom stereocenters. The van der Waals surface area contributed by atoms with Gasteiger partial charge in [-0.3, -0.25) is 0 Å². The Kier molecular flexibility index (Phi) is 4.50. The summed E-state index contributed by atoms with van der Waals surface area (Å²) in [4.78, 5) is 0.232. The van der Waals surface area contributed by atoms with Crippen molar-refractivity contribution in [2.45, 2.75) is 11.5 Å². The molecule has 0 spiro atoms. The minimum absolute atomic E-state index is 0.140. The molecule has 124 valence electrons. The predicted molar refractivity (Wildman–Crippen MR) is 88.0 cm³/mol. The fourth-order valence-corrected chi connectivity index (χ4v) is 2.85. The molecule has 0 aliphatic rings. The summed E-state index contributed by atoms with van der Waals surface area (Å²) in [6.45, 7) is 0.140. The van der Waals surface area contributed by atoms with Gasteiger partial charge in [-0.2, -0.15) is 4.68 Å². The number of rotatable bonds is 5. The summed E-state index contributed by atoms with van der Waals surface area (Å²) in [6.07, 6.45) is 1.16. The first-order valence-electron chi connectivity index (χ1n) is 6.89. The number of nitrogens with zero attached hydrogens (tertiary/aromatic N) is 4. The highest BCUT2D eigenvalue weighted by atomic mass is 35.5. The molecule has 0 saturated carbocycles. The van der Waals surface area contributed by atoms with Crippen molar-refractivity contribution < 1.29 is 13.2 Å². The van der Waals surface area contributed by atoms with Crippen LogP contribution in [0.15, 0.2) is 53.4 Å². The van der Waals surface area contributed by atoms with Crippen LogP contribution in [0.5, 0.6) is 5.75 Å². The minimum atomic E-state index is -3.25. The topological polar surface area (TPSA) is 87.0 Å². The molecule has 9 heteroatoms. The monoisotopic (exact) mass is 364 g/mol. The lowest BCUT2D eigenvalue weighted by atomic mass is 10.3. The second-order valence-electron chi connectivity index (χ2n) is 5.02. The second-order valence-corrected chi connectivity index (χ2v) is 7.47. The Hall–Kier alpha value is -2.45. The van der Waals surface area contributed by atoms with Gasteiger partial charge in [0.15, 0.2) is 15.7 Å². The van der Waals surface area contributed by atoms with Crippen LogP contribution < -0.4 is 4.74 Å². The summed E-state index contributed by atoms with van der Waals surface area (Å²) >= 11 is 5.91. The molecule has 0 saturated heterocycles. The third-order valence-corrected chi connectivity index (χ3v) is 4.57. The molecule has 0 amide bonds. The second kappa shape index (κ2) is 6.58. The summed E-state index contributed by atoms with van der Waals surface area (Å²) in [5.41, 5.74) is 0.636. The maximum atomic E-state index is 11.5. The molecule has 7 nitrogen and oxygen atoms in total. The van der Waals surface area contributed by atoms with Crippen LogP contribution in [-0.4, -0.2) is 34.9 Å². The normalized spacial score (nSPS) is 11.4. The lowest BCUT2D eigenvalue weighted by molar-refractivity contribution is 0.292. The predicted octanol–water partition coefficient (Wildman–Crippen LogP) is 2.30. The SMILES string of the molecule is CS(=O)(=O)c1ccc(-n2nnnc2COc2cccc(Cl)c2)cc1. The Morgan fingerprint density at radius 1 is 1.17 bits per heavy atom. The van der Waals surface area contributed by atoms with Gasteiger partial charge in [0, 0.05) is 11.3 Å². The molecule has 0 fully saturated rings. The molecule has 0 aliphatic carbocycles. The van der Waals surface area contributed by atoms with Crippen LogP contribution in [0.2, 0.25) is 5.02 Å². The third kappa shape index (κ3) is 3.72. The molecule has 1 heterocycles. The maximum Gasteiger partial charge on any atom is 0.194 e. The molecular formula is C15H13ClN4O3S. The number of hydrogen-bond donors (Lipinski definition) is 0. The van der Waals surface area contributed by atoms with Crippen LogP contribution in [0.3, 0.4) is 0 Å². The van der Waals surface area contributed by atoms with Gasteiger partial charge in [0.25, 0.3) is 0 Å². The molecule has 3 aromatic rings. The van der Waals surface area contributed by atoms with Gasteiger partial charge in [0.2, 0.25) is 0 Å². The molecule has 0 bridgehead atoms. The highest BCUT2D eigenvalue weighted by molar-refractivity contribution is 7.90. The van der Waals surface area contributed by atoms with Crippen LogP contribution >= 0.6 is 11.6 Å². The molecule has 0 radical (unpaired) electrons. The van der Waals surface area contributed by atoms with Crippen molar-refractivity contribution in [3.05, 3.63) is 59.4 Å².